The minimum atomic E-state index is 1.03. The summed E-state index contributed by atoms with van der Waals surface area (Å²) in [7, 11) is 0. The van der Waals surface area contributed by atoms with E-state index in [2.05, 4.69) is 177 Å². The highest BCUT2D eigenvalue weighted by atomic mass is 15.2. The van der Waals surface area contributed by atoms with Gasteiger partial charge in [-0.15, -0.1) is 0 Å². The zero-order valence-corrected chi connectivity index (χ0v) is 26.1. The molecular formula is C44H30N4. The summed E-state index contributed by atoms with van der Waals surface area (Å²) in [5, 5.41) is 2.56. The van der Waals surface area contributed by atoms with Crippen LogP contribution in [0.3, 0.4) is 0 Å². The Bertz CT molecular complexity index is 2180. The van der Waals surface area contributed by atoms with Gasteiger partial charge in [0.1, 0.15) is 0 Å². The zero-order valence-electron chi connectivity index (χ0n) is 26.1. The van der Waals surface area contributed by atoms with Gasteiger partial charge in [0.2, 0.25) is 0 Å². The van der Waals surface area contributed by atoms with Crippen LogP contribution in [0.15, 0.2) is 183 Å². The number of hydrogen-bond donors (Lipinski definition) is 0. The quantitative estimate of drug-likeness (QED) is 0.179. The third kappa shape index (κ3) is 4.70. The maximum absolute atomic E-state index is 4.34. The standard InChI is InChI=1S/C44H30N4/c1-3-10-32(11-4-1)47(34-20-24-45-25-21-34)36-28-31(29-37(30-36)48(33-12-5-2-6-13-33)35-22-26-46-27-23-35)38-18-19-43-40-15-8-7-14-39(40)42-17-9-16-41(38)44(42)43/h1-30H. The van der Waals surface area contributed by atoms with Crippen molar-refractivity contribution in [2.75, 3.05) is 9.80 Å². The topological polar surface area (TPSA) is 32.3 Å². The second-order valence-corrected chi connectivity index (χ2v) is 11.9. The fraction of sp³-hybridized carbons (Fsp3) is 0. The number of benzene rings is 6. The molecule has 0 fully saturated rings. The normalized spacial score (nSPS) is 11.3. The van der Waals surface area contributed by atoms with Crippen LogP contribution in [-0.2, 0) is 0 Å². The van der Waals surface area contributed by atoms with E-state index in [0.29, 0.717) is 0 Å². The number of nitrogens with zero attached hydrogens (tertiary/aromatic N) is 4. The van der Waals surface area contributed by atoms with Crippen molar-refractivity contribution in [2.24, 2.45) is 0 Å². The van der Waals surface area contributed by atoms with Crippen molar-refractivity contribution in [1.29, 1.82) is 0 Å². The molecule has 0 saturated carbocycles. The van der Waals surface area contributed by atoms with Gasteiger partial charge in [-0.05, 0) is 111 Å². The highest BCUT2D eigenvalue weighted by Crippen LogP contribution is 2.50. The third-order valence-corrected chi connectivity index (χ3v) is 9.15. The number of para-hydroxylation sites is 2. The molecule has 8 aromatic rings. The molecule has 0 unspecified atom stereocenters. The first-order valence-corrected chi connectivity index (χ1v) is 16.1. The summed E-state index contributed by atoms with van der Waals surface area (Å²) in [4.78, 5) is 13.3. The van der Waals surface area contributed by atoms with Crippen LogP contribution in [0.25, 0.3) is 44.2 Å². The molecule has 48 heavy (non-hydrogen) atoms. The number of aromatic nitrogens is 2. The van der Waals surface area contributed by atoms with Crippen LogP contribution in [-0.4, -0.2) is 9.97 Å². The van der Waals surface area contributed by atoms with E-state index in [4.69, 9.17) is 0 Å². The minimum absolute atomic E-state index is 1.03. The molecular weight excluding hydrogens is 585 g/mol. The molecule has 1 aliphatic carbocycles. The van der Waals surface area contributed by atoms with E-state index >= 15 is 0 Å². The van der Waals surface area contributed by atoms with Crippen molar-refractivity contribution >= 4 is 44.9 Å². The van der Waals surface area contributed by atoms with Gasteiger partial charge in [-0.1, -0.05) is 91.0 Å². The Balaban J connectivity index is 1.33. The summed E-state index contributed by atoms with van der Waals surface area (Å²) in [6.07, 6.45) is 7.41. The lowest BCUT2D eigenvalue weighted by Crippen LogP contribution is -2.13. The molecule has 0 spiro atoms. The van der Waals surface area contributed by atoms with Crippen molar-refractivity contribution in [2.45, 2.75) is 0 Å². The molecule has 0 amide bonds. The van der Waals surface area contributed by atoms with E-state index in [-0.39, 0.29) is 0 Å². The summed E-state index contributed by atoms with van der Waals surface area (Å²) < 4.78 is 0. The predicted molar refractivity (Wildman–Crippen MR) is 199 cm³/mol. The fourth-order valence-corrected chi connectivity index (χ4v) is 7.10. The average Bonchev–Trinajstić information content (AvgIpc) is 3.49. The summed E-state index contributed by atoms with van der Waals surface area (Å²) >= 11 is 0. The van der Waals surface area contributed by atoms with Gasteiger partial charge >= 0.3 is 0 Å². The van der Waals surface area contributed by atoms with Crippen molar-refractivity contribution in [3.63, 3.8) is 0 Å². The molecule has 0 aliphatic heterocycles. The SMILES string of the molecule is c1ccc(N(c2ccncc2)c2cc(-c3ccc4c5c(cccc35)-c3ccccc3-4)cc(N(c3ccccc3)c3ccncc3)c2)cc1. The minimum Gasteiger partial charge on any atom is -0.310 e. The van der Waals surface area contributed by atoms with Crippen LogP contribution in [0.4, 0.5) is 34.1 Å². The van der Waals surface area contributed by atoms with E-state index in [0.717, 1.165) is 39.7 Å². The second kappa shape index (κ2) is 11.7. The lowest BCUT2D eigenvalue weighted by Gasteiger charge is -2.30. The van der Waals surface area contributed by atoms with Gasteiger partial charge in [0.15, 0.2) is 0 Å². The average molecular weight is 615 g/mol. The largest absolute Gasteiger partial charge is 0.310 e. The first kappa shape index (κ1) is 27.8. The lowest BCUT2D eigenvalue weighted by atomic mass is 9.93. The highest BCUT2D eigenvalue weighted by molar-refractivity contribution is 6.18. The first-order chi connectivity index (χ1) is 23.8. The van der Waals surface area contributed by atoms with Crippen LogP contribution in [0.5, 0.6) is 0 Å². The maximum Gasteiger partial charge on any atom is 0.0492 e. The number of pyridine rings is 2. The Morgan fingerprint density at radius 3 is 1.29 bits per heavy atom. The molecule has 2 heterocycles. The molecule has 6 aromatic carbocycles. The van der Waals surface area contributed by atoms with E-state index in [1.807, 2.05) is 24.8 Å². The fourth-order valence-electron chi connectivity index (χ4n) is 7.10. The molecule has 9 rings (SSSR count). The summed E-state index contributed by atoms with van der Waals surface area (Å²) in [6, 6.07) is 56.3. The molecule has 0 N–H and O–H groups in total. The highest BCUT2D eigenvalue weighted by Gasteiger charge is 2.24. The van der Waals surface area contributed by atoms with Gasteiger partial charge in [-0.25, -0.2) is 0 Å². The monoisotopic (exact) mass is 614 g/mol. The Kier molecular flexibility index (Phi) is 6.76. The van der Waals surface area contributed by atoms with Crippen molar-refractivity contribution < 1.29 is 0 Å². The van der Waals surface area contributed by atoms with Crippen molar-refractivity contribution in [1.82, 2.24) is 9.97 Å². The van der Waals surface area contributed by atoms with Crippen molar-refractivity contribution in [3.05, 3.63) is 183 Å². The van der Waals surface area contributed by atoms with Gasteiger partial charge in [0, 0.05) is 58.9 Å². The van der Waals surface area contributed by atoms with Crippen molar-refractivity contribution in [3.8, 4) is 33.4 Å². The Morgan fingerprint density at radius 1 is 0.312 bits per heavy atom. The van der Waals surface area contributed by atoms with Gasteiger partial charge in [0.25, 0.3) is 0 Å². The van der Waals surface area contributed by atoms with Crippen LogP contribution in [0, 0.1) is 0 Å². The van der Waals surface area contributed by atoms with E-state index in [9.17, 15) is 0 Å². The van der Waals surface area contributed by atoms with E-state index in [1.54, 1.807) is 0 Å². The van der Waals surface area contributed by atoms with E-state index in [1.165, 1.54) is 38.6 Å². The van der Waals surface area contributed by atoms with Gasteiger partial charge in [0.05, 0.1) is 0 Å². The Morgan fingerprint density at radius 2 is 0.750 bits per heavy atom. The molecule has 2 aromatic heterocycles. The summed E-state index contributed by atoms with van der Waals surface area (Å²) in [5.74, 6) is 0. The number of rotatable bonds is 7. The molecule has 226 valence electrons. The third-order valence-electron chi connectivity index (χ3n) is 9.15. The maximum atomic E-state index is 4.34. The molecule has 4 nitrogen and oxygen atoms in total. The molecule has 0 atom stereocenters. The molecule has 1 aliphatic rings. The predicted octanol–water partition coefficient (Wildman–Crippen LogP) is 11.9. The number of anilines is 6. The first-order valence-electron chi connectivity index (χ1n) is 16.1. The Labute approximate surface area is 279 Å². The summed E-state index contributed by atoms with van der Waals surface area (Å²) in [5.41, 5.74) is 13.8. The molecule has 0 saturated heterocycles. The number of fused-ring (bicyclic) bond motifs is 3. The summed E-state index contributed by atoms with van der Waals surface area (Å²) in [6.45, 7) is 0. The number of hydrogen-bond acceptors (Lipinski definition) is 4. The smallest absolute Gasteiger partial charge is 0.0492 e. The lowest BCUT2D eigenvalue weighted by molar-refractivity contribution is 1.22. The van der Waals surface area contributed by atoms with Crippen LogP contribution < -0.4 is 9.80 Å². The van der Waals surface area contributed by atoms with Gasteiger partial charge in [-0.2, -0.15) is 0 Å². The van der Waals surface area contributed by atoms with Crippen LogP contribution in [0.2, 0.25) is 0 Å². The molecule has 0 bridgehead atoms. The molecule has 0 radical (unpaired) electrons. The second-order valence-electron chi connectivity index (χ2n) is 11.9. The zero-order chi connectivity index (χ0) is 31.9. The molecule has 4 heteroatoms. The Hall–Kier alpha value is -6.52. The van der Waals surface area contributed by atoms with Gasteiger partial charge in [-0.3, -0.25) is 9.97 Å². The van der Waals surface area contributed by atoms with Gasteiger partial charge < -0.3 is 9.80 Å². The van der Waals surface area contributed by atoms with Crippen LogP contribution in [0.1, 0.15) is 0 Å². The van der Waals surface area contributed by atoms with Crippen LogP contribution >= 0.6 is 0 Å². The van der Waals surface area contributed by atoms with E-state index < -0.39 is 0 Å².